The normalized spacial score (nSPS) is 19.8. The van der Waals surface area contributed by atoms with Crippen LogP contribution in [0.5, 0.6) is 0 Å². The topological polar surface area (TPSA) is 171 Å². The molecule has 0 saturated heterocycles. The summed E-state index contributed by atoms with van der Waals surface area (Å²) in [5.41, 5.74) is 8.01. The van der Waals surface area contributed by atoms with Crippen molar-refractivity contribution in [2.45, 2.75) is 77.0 Å². The maximum Gasteiger partial charge on any atom is 0.296 e. The number of para-hydroxylation sites is 2. The maximum absolute atomic E-state index is 12.5. The molecule has 0 amide bonds. The van der Waals surface area contributed by atoms with E-state index < -0.39 is 20.3 Å². The Kier molecular flexibility index (Phi) is 12.6. The Hall–Kier alpha value is -3.28. The van der Waals surface area contributed by atoms with Crippen molar-refractivity contribution in [3.05, 3.63) is 107 Å². The van der Waals surface area contributed by atoms with Crippen molar-refractivity contribution in [2.24, 2.45) is 5.14 Å². The molecule has 2 aromatic carbocycles. The standard InChI is InChI=1S/C37H48N4O8S3/c1-36(2)29-13-5-7-15-31(29)40(23-9-11-25-50-49-48-42)33(36)21-19-27-17-18-28(35(27)39-52(38,46)47)20-22-34-37(3,4)30-14-6-8-16-32(30)41(34)24-10-12-26-51(43,44)45/h5-8,13-16,19-22H,9-12,17-18,23-26H2,1-4H3,(H4,38,42,43,44,45,46,47)/p+1/b28-20+,34-22+. The van der Waals surface area contributed by atoms with Gasteiger partial charge in [0.15, 0.2) is 5.71 Å². The van der Waals surface area contributed by atoms with Crippen molar-refractivity contribution in [3.8, 4) is 0 Å². The fraction of sp³-hybridized carbons (Fsp3) is 0.432. The lowest BCUT2D eigenvalue weighted by atomic mass is 9.81. The molecule has 5 rings (SSSR count). The third-order valence-corrected chi connectivity index (χ3v) is 11.9. The molecular formula is C37H49N4O8S3+. The van der Waals surface area contributed by atoms with Gasteiger partial charge in [-0.1, -0.05) is 67.4 Å². The number of anilines is 1. The Morgan fingerprint density at radius 2 is 1.63 bits per heavy atom. The van der Waals surface area contributed by atoms with Gasteiger partial charge in [0, 0.05) is 65.3 Å². The van der Waals surface area contributed by atoms with Crippen molar-refractivity contribution < 1.29 is 40.6 Å². The van der Waals surface area contributed by atoms with E-state index in [1.807, 2.05) is 48.6 Å². The lowest BCUT2D eigenvalue weighted by Crippen LogP contribution is -2.31. The molecule has 0 radical (unpaired) electrons. The van der Waals surface area contributed by atoms with Crippen molar-refractivity contribution in [1.82, 2.24) is 4.72 Å². The van der Waals surface area contributed by atoms with E-state index in [-0.39, 0.29) is 16.6 Å². The molecule has 0 fully saturated rings. The second-order valence-corrected chi connectivity index (χ2v) is 17.9. The molecule has 0 saturated carbocycles. The van der Waals surface area contributed by atoms with E-state index in [1.165, 1.54) is 5.56 Å². The van der Waals surface area contributed by atoms with Crippen LogP contribution in [-0.2, 0) is 40.5 Å². The zero-order chi connectivity index (χ0) is 37.7. The van der Waals surface area contributed by atoms with Gasteiger partial charge in [0.25, 0.3) is 20.3 Å². The first-order valence-corrected chi connectivity index (χ1v) is 21.4. The number of unbranched alkanes of at least 4 members (excludes halogenated alkanes) is 2. The van der Waals surface area contributed by atoms with Crippen LogP contribution in [0.2, 0.25) is 0 Å². The average Bonchev–Trinajstić information content (AvgIpc) is 3.62. The van der Waals surface area contributed by atoms with Gasteiger partial charge in [-0.2, -0.15) is 21.4 Å². The van der Waals surface area contributed by atoms with Gasteiger partial charge in [0.1, 0.15) is 6.54 Å². The molecule has 15 heteroatoms. The van der Waals surface area contributed by atoms with Crippen LogP contribution in [0.15, 0.2) is 95.4 Å². The number of rotatable bonds is 17. The summed E-state index contributed by atoms with van der Waals surface area (Å²) in [6.07, 6.45) is 11.8. The van der Waals surface area contributed by atoms with Gasteiger partial charge >= 0.3 is 0 Å². The van der Waals surface area contributed by atoms with E-state index in [0.29, 0.717) is 43.7 Å². The molecule has 3 aliphatic rings. The molecule has 1 aliphatic carbocycles. The zero-order valence-corrected chi connectivity index (χ0v) is 32.5. The zero-order valence-electron chi connectivity index (χ0n) is 30.0. The molecule has 0 bridgehead atoms. The highest BCUT2D eigenvalue weighted by atomic mass is 32.2. The summed E-state index contributed by atoms with van der Waals surface area (Å²) < 4.78 is 66.3. The molecule has 0 aromatic heterocycles. The molecule has 2 aliphatic heterocycles. The first-order chi connectivity index (χ1) is 24.5. The van der Waals surface area contributed by atoms with Crippen LogP contribution in [0, 0.1) is 0 Å². The fourth-order valence-corrected chi connectivity index (χ4v) is 9.04. The van der Waals surface area contributed by atoms with Gasteiger partial charge in [0.05, 0.1) is 16.9 Å². The van der Waals surface area contributed by atoms with E-state index in [2.05, 4.69) is 75.5 Å². The van der Waals surface area contributed by atoms with Crippen LogP contribution in [0.4, 0.5) is 11.4 Å². The van der Waals surface area contributed by atoms with Crippen LogP contribution in [0.25, 0.3) is 0 Å². The third-order valence-electron chi connectivity index (χ3n) is 10.0. The number of nitrogens with one attached hydrogen (secondary N) is 1. The first kappa shape index (κ1) is 39.9. The lowest BCUT2D eigenvalue weighted by Gasteiger charge is -2.27. The van der Waals surface area contributed by atoms with E-state index in [0.717, 1.165) is 70.9 Å². The Balaban J connectivity index is 1.48. The number of fused-ring (bicyclic) bond motifs is 2. The minimum Gasteiger partial charge on any atom is -0.344 e. The van der Waals surface area contributed by atoms with Gasteiger partial charge in [-0.15, -0.1) is 4.33 Å². The van der Waals surface area contributed by atoms with Crippen LogP contribution < -0.4 is 14.8 Å². The minimum atomic E-state index is -4.09. The molecule has 12 nitrogen and oxygen atoms in total. The smallest absolute Gasteiger partial charge is 0.296 e. The van der Waals surface area contributed by atoms with Gasteiger partial charge in [-0.3, -0.25) is 9.27 Å². The van der Waals surface area contributed by atoms with Gasteiger partial charge in [0.2, 0.25) is 5.69 Å². The first-order valence-electron chi connectivity index (χ1n) is 17.3. The largest absolute Gasteiger partial charge is 0.344 e. The van der Waals surface area contributed by atoms with Gasteiger partial charge < -0.3 is 4.90 Å². The molecule has 52 heavy (non-hydrogen) atoms. The quantitative estimate of drug-likeness (QED) is 0.0344. The summed E-state index contributed by atoms with van der Waals surface area (Å²) in [7, 11) is -8.13. The molecule has 282 valence electrons. The van der Waals surface area contributed by atoms with Crippen LogP contribution >= 0.6 is 12.0 Å². The number of nitrogens with zero attached hydrogens (tertiary/aromatic N) is 2. The molecule has 0 spiro atoms. The summed E-state index contributed by atoms with van der Waals surface area (Å²) in [6.45, 7) is 9.95. The highest BCUT2D eigenvalue weighted by Crippen LogP contribution is 2.48. The van der Waals surface area contributed by atoms with Gasteiger partial charge in [-0.25, -0.2) is 10.4 Å². The number of hydrogen-bond donors (Lipinski definition) is 4. The van der Waals surface area contributed by atoms with Crippen molar-refractivity contribution in [3.63, 3.8) is 0 Å². The SMILES string of the molecule is CC1(C)C(/C=C/C2=C(NS(N)(=O)=O)C(=C/C=C3/N(CCCCS(=O)(=O)O)c4ccccc4C3(C)C)/CC2)=[N+](CCCCSOOO)c2ccccc21. The number of hydrogen-bond acceptors (Lipinski definition) is 9. The highest BCUT2D eigenvalue weighted by Gasteiger charge is 2.44. The molecule has 2 aromatic rings. The Morgan fingerprint density at radius 1 is 0.923 bits per heavy atom. The minimum absolute atomic E-state index is 0.297. The molecule has 2 heterocycles. The highest BCUT2D eigenvalue weighted by molar-refractivity contribution is 7.94. The van der Waals surface area contributed by atoms with E-state index in [9.17, 15) is 21.4 Å². The monoisotopic (exact) mass is 773 g/mol. The summed E-state index contributed by atoms with van der Waals surface area (Å²) >= 11 is 1.04. The van der Waals surface area contributed by atoms with E-state index in [1.54, 1.807) is 0 Å². The number of nitrogens with two attached hydrogens (primary N) is 1. The predicted octanol–water partition coefficient (Wildman–Crippen LogP) is 6.59. The summed E-state index contributed by atoms with van der Waals surface area (Å²) in [5, 5.41) is 17.7. The summed E-state index contributed by atoms with van der Waals surface area (Å²) in [6, 6.07) is 16.4. The van der Waals surface area contributed by atoms with Crippen molar-refractivity contribution in [2.75, 3.05) is 29.5 Å². The maximum atomic E-state index is 12.5. The molecular weight excluding hydrogens is 725 g/mol. The fourth-order valence-electron chi connectivity index (χ4n) is 7.50. The Bertz CT molecular complexity index is 2030. The average molecular weight is 774 g/mol. The third kappa shape index (κ3) is 9.26. The second kappa shape index (κ2) is 16.4. The van der Waals surface area contributed by atoms with Crippen LogP contribution in [0.3, 0.4) is 0 Å². The van der Waals surface area contributed by atoms with Gasteiger partial charge in [-0.05, 0) is 74.8 Å². The predicted molar refractivity (Wildman–Crippen MR) is 206 cm³/mol. The summed E-state index contributed by atoms with van der Waals surface area (Å²) in [5.74, 6) is 0.356. The number of benzene rings is 2. The summed E-state index contributed by atoms with van der Waals surface area (Å²) in [4.78, 5) is 2.18. The van der Waals surface area contributed by atoms with E-state index in [4.69, 9.17) is 10.4 Å². The Morgan fingerprint density at radius 3 is 2.35 bits per heavy atom. The molecule has 0 atom stereocenters. The van der Waals surface area contributed by atoms with E-state index >= 15 is 0 Å². The lowest BCUT2D eigenvalue weighted by molar-refractivity contribution is -0.438. The molecule has 0 unspecified atom stereocenters. The van der Waals surface area contributed by atoms with Crippen LogP contribution in [-0.4, -0.2) is 61.5 Å². The molecule has 5 N–H and O–H groups in total. The Labute approximate surface area is 311 Å². The number of allylic oxidation sites excluding steroid dienone is 7. The van der Waals surface area contributed by atoms with Crippen molar-refractivity contribution in [1.29, 1.82) is 0 Å². The van der Waals surface area contributed by atoms with Crippen molar-refractivity contribution >= 4 is 49.5 Å². The van der Waals surface area contributed by atoms with Crippen LogP contribution in [0.1, 0.15) is 77.3 Å². The second-order valence-electron chi connectivity index (χ2n) is 14.3.